The normalized spacial score (nSPS) is 39.8. The predicted molar refractivity (Wildman–Crippen MR) is 78.8 cm³/mol. The summed E-state index contributed by atoms with van der Waals surface area (Å²) in [5, 5.41) is 3.71. The van der Waals surface area contributed by atoms with Crippen molar-refractivity contribution in [3.63, 3.8) is 0 Å². The van der Waals surface area contributed by atoms with Crippen molar-refractivity contribution in [1.29, 1.82) is 0 Å². The van der Waals surface area contributed by atoms with Crippen LogP contribution in [0.2, 0.25) is 0 Å². The van der Waals surface area contributed by atoms with Crippen LogP contribution in [0.1, 0.15) is 53.9 Å². The van der Waals surface area contributed by atoms with Crippen LogP contribution >= 0.6 is 0 Å². The first-order valence-corrected chi connectivity index (χ1v) is 7.87. The molecule has 0 aromatic rings. The van der Waals surface area contributed by atoms with Crippen molar-refractivity contribution in [2.24, 2.45) is 17.3 Å². The molecule has 1 saturated carbocycles. The summed E-state index contributed by atoms with van der Waals surface area (Å²) >= 11 is 0. The van der Waals surface area contributed by atoms with Crippen molar-refractivity contribution in [2.75, 3.05) is 19.6 Å². The van der Waals surface area contributed by atoms with E-state index in [-0.39, 0.29) is 0 Å². The fourth-order valence-electron chi connectivity index (χ4n) is 3.72. The third-order valence-electron chi connectivity index (χ3n) is 5.39. The molecule has 0 amide bonds. The fourth-order valence-corrected chi connectivity index (χ4v) is 3.72. The second kappa shape index (κ2) is 5.50. The summed E-state index contributed by atoms with van der Waals surface area (Å²) < 4.78 is 0. The average molecular weight is 252 g/mol. The SMILES string of the molecule is CC1CCCC(N2CCNC(C(C)(C)C)C2)C1C. The van der Waals surface area contributed by atoms with Gasteiger partial charge in [-0.1, -0.05) is 47.5 Å². The van der Waals surface area contributed by atoms with Crippen LogP contribution in [-0.2, 0) is 0 Å². The Morgan fingerprint density at radius 2 is 1.83 bits per heavy atom. The van der Waals surface area contributed by atoms with Crippen LogP contribution in [0.15, 0.2) is 0 Å². The molecule has 1 heterocycles. The van der Waals surface area contributed by atoms with Crippen LogP contribution in [0.25, 0.3) is 0 Å². The molecule has 0 aromatic carbocycles. The first-order chi connectivity index (χ1) is 8.39. The van der Waals surface area contributed by atoms with Gasteiger partial charge in [0.2, 0.25) is 0 Å². The van der Waals surface area contributed by atoms with Gasteiger partial charge in [0.15, 0.2) is 0 Å². The molecule has 106 valence electrons. The van der Waals surface area contributed by atoms with Gasteiger partial charge in [0.1, 0.15) is 0 Å². The van der Waals surface area contributed by atoms with Crippen molar-refractivity contribution in [1.82, 2.24) is 10.2 Å². The molecule has 2 aliphatic rings. The Bertz CT molecular complexity index is 269. The van der Waals surface area contributed by atoms with Gasteiger partial charge in [-0.05, 0) is 23.7 Å². The highest BCUT2D eigenvalue weighted by molar-refractivity contribution is 4.92. The number of nitrogens with zero attached hydrogens (tertiary/aromatic N) is 1. The van der Waals surface area contributed by atoms with Gasteiger partial charge in [-0.25, -0.2) is 0 Å². The summed E-state index contributed by atoms with van der Waals surface area (Å²) in [7, 11) is 0. The molecule has 18 heavy (non-hydrogen) atoms. The average Bonchev–Trinajstić information content (AvgIpc) is 2.32. The second-order valence-electron chi connectivity index (χ2n) is 7.70. The molecular formula is C16H32N2. The third-order valence-corrected chi connectivity index (χ3v) is 5.39. The standard InChI is InChI=1S/C16H32N2/c1-12-7-6-8-14(13(12)2)18-10-9-17-15(11-18)16(3,4)5/h12-15,17H,6-11H2,1-5H3. The minimum Gasteiger partial charge on any atom is -0.311 e. The van der Waals surface area contributed by atoms with Gasteiger partial charge < -0.3 is 5.32 Å². The molecule has 1 aliphatic carbocycles. The maximum absolute atomic E-state index is 3.71. The molecule has 0 bridgehead atoms. The van der Waals surface area contributed by atoms with Gasteiger partial charge in [-0.3, -0.25) is 4.90 Å². The van der Waals surface area contributed by atoms with Gasteiger partial charge in [-0.2, -0.15) is 0 Å². The van der Waals surface area contributed by atoms with E-state index in [1.807, 2.05) is 0 Å². The summed E-state index contributed by atoms with van der Waals surface area (Å²) in [6.07, 6.45) is 4.29. The second-order valence-corrected chi connectivity index (χ2v) is 7.70. The third kappa shape index (κ3) is 3.08. The summed E-state index contributed by atoms with van der Waals surface area (Å²) in [4.78, 5) is 2.78. The van der Waals surface area contributed by atoms with E-state index in [4.69, 9.17) is 0 Å². The number of nitrogens with one attached hydrogen (secondary N) is 1. The number of rotatable bonds is 1. The molecule has 4 unspecified atom stereocenters. The van der Waals surface area contributed by atoms with E-state index in [1.54, 1.807) is 0 Å². The Morgan fingerprint density at radius 1 is 1.11 bits per heavy atom. The Kier molecular flexibility index (Phi) is 4.38. The van der Waals surface area contributed by atoms with Gasteiger partial charge in [0, 0.05) is 31.7 Å². The van der Waals surface area contributed by atoms with E-state index < -0.39 is 0 Å². The minimum atomic E-state index is 0.377. The van der Waals surface area contributed by atoms with Gasteiger partial charge in [0.25, 0.3) is 0 Å². The summed E-state index contributed by atoms with van der Waals surface area (Å²) in [5.74, 6) is 1.78. The maximum Gasteiger partial charge on any atom is 0.0244 e. The highest BCUT2D eigenvalue weighted by atomic mass is 15.2. The summed E-state index contributed by atoms with van der Waals surface area (Å²) in [6, 6.07) is 1.48. The monoisotopic (exact) mass is 252 g/mol. The summed E-state index contributed by atoms with van der Waals surface area (Å²) in [5.41, 5.74) is 0.377. The predicted octanol–water partition coefficient (Wildman–Crippen LogP) is 3.13. The van der Waals surface area contributed by atoms with E-state index in [2.05, 4.69) is 44.8 Å². The molecular weight excluding hydrogens is 220 g/mol. The van der Waals surface area contributed by atoms with E-state index in [9.17, 15) is 0 Å². The lowest BCUT2D eigenvalue weighted by Gasteiger charge is -2.47. The largest absolute Gasteiger partial charge is 0.311 e. The number of hydrogen-bond donors (Lipinski definition) is 1. The van der Waals surface area contributed by atoms with Crippen molar-refractivity contribution in [3.05, 3.63) is 0 Å². The van der Waals surface area contributed by atoms with Gasteiger partial charge in [0.05, 0.1) is 0 Å². The number of hydrogen-bond acceptors (Lipinski definition) is 2. The van der Waals surface area contributed by atoms with Crippen LogP contribution in [0, 0.1) is 17.3 Å². The highest BCUT2D eigenvalue weighted by Gasteiger charge is 2.36. The lowest BCUT2D eigenvalue weighted by molar-refractivity contribution is 0.0379. The van der Waals surface area contributed by atoms with Crippen molar-refractivity contribution in [3.8, 4) is 0 Å². The zero-order chi connectivity index (χ0) is 13.3. The van der Waals surface area contributed by atoms with Crippen molar-refractivity contribution >= 4 is 0 Å². The first kappa shape index (κ1) is 14.3. The van der Waals surface area contributed by atoms with Crippen LogP contribution in [0.5, 0.6) is 0 Å². The fraction of sp³-hybridized carbons (Fsp3) is 1.00. The molecule has 2 nitrogen and oxygen atoms in total. The number of piperazine rings is 1. The van der Waals surface area contributed by atoms with Crippen LogP contribution in [-0.4, -0.2) is 36.6 Å². The maximum atomic E-state index is 3.71. The Labute approximate surface area is 114 Å². The molecule has 0 spiro atoms. The zero-order valence-corrected chi connectivity index (χ0v) is 13.0. The molecule has 2 fully saturated rings. The van der Waals surface area contributed by atoms with Crippen molar-refractivity contribution in [2.45, 2.75) is 66.0 Å². The van der Waals surface area contributed by atoms with Crippen LogP contribution < -0.4 is 5.32 Å². The Morgan fingerprint density at radius 3 is 2.50 bits per heavy atom. The molecule has 2 rings (SSSR count). The van der Waals surface area contributed by atoms with Crippen LogP contribution in [0.4, 0.5) is 0 Å². The first-order valence-electron chi connectivity index (χ1n) is 7.87. The molecule has 1 N–H and O–H groups in total. The topological polar surface area (TPSA) is 15.3 Å². The molecule has 0 radical (unpaired) electrons. The Hall–Kier alpha value is -0.0800. The molecule has 1 aliphatic heterocycles. The quantitative estimate of drug-likeness (QED) is 0.771. The van der Waals surface area contributed by atoms with Gasteiger partial charge >= 0.3 is 0 Å². The lowest BCUT2D eigenvalue weighted by atomic mass is 9.76. The van der Waals surface area contributed by atoms with Crippen molar-refractivity contribution < 1.29 is 0 Å². The molecule has 2 heteroatoms. The minimum absolute atomic E-state index is 0.377. The smallest absolute Gasteiger partial charge is 0.0244 e. The highest BCUT2D eigenvalue weighted by Crippen LogP contribution is 2.34. The molecule has 1 saturated heterocycles. The summed E-state index contributed by atoms with van der Waals surface area (Å²) in [6.45, 7) is 15.7. The van der Waals surface area contributed by atoms with E-state index in [0.717, 1.165) is 17.9 Å². The molecule has 4 atom stereocenters. The van der Waals surface area contributed by atoms with Crippen LogP contribution in [0.3, 0.4) is 0 Å². The van der Waals surface area contributed by atoms with Gasteiger partial charge in [-0.15, -0.1) is 0 Å². The van der Waals surface area contributed by atoms with E-state index in [0.29, 0.717) is 11.5 Å². The molecule has 0 aromatic heterocycles. The Balaban J connectivity index is 2.00. The lowest BCUT2D eigenvalue weighted by Crippen LogP contribution is -2.59. The van der Waals surface area contributed by atoms with E-state index in [1.165, 1.54) is 38.9 Å². The zero-order valence-electron chi connectivity index (χ0n) is 13.0. The van der Waals surface area contributed by atoms with E-state index >= 15 is 0 Å².